The lowest BCUT2D eigenvalue weighted by molar-refractivity contribution is 0.142. The zero-order valence-electron chi connectivity index (χ0n) is 12.6. The van der Waals surface area contributed by atoms with E-state index < -0.39 is 22.2 Å². The van der Waals surface area contributed by atoms with Gasteiger partial charge in [0.2, 0.25) is 10.0 Å². The third-order valence-electron chi connectivity index (χ3n) is 3.62. The van der Waals surface area contributed by atoms with E-state index in [1.807, 2.05) is 20.8 Å². The van der Waals surface area contributed by atoms with Gasteiger partial charge in [0.1, 0.15) is 4.21 Å². The number of nitrogens with one attached hydrogen (secondary N) is 1. The van der Waals surface area contributed by atoms with Crippen LogP contribution in [0.5, 0.6) is 0 Å². The molecular formula is C14H22ClNO3S2. The highest BCUT2D eigenvalue weighted by Gasteiger charge is 2.30. The smallest absolute Gasteiger partial charge is 0.250 e. The molecule has 1 rings (SSSR count). The van der Waals surface area contributed by atoms with Crippen LogP contribution in [0.25, 0.3) is 0 Å². The summed E-state index contributed by atoms with van der Waals surface area (Å²) in [4.78, 5) is 0. The standard InChI is InChI=1S/C14H22ClNO3S2/c1-5-9(3)13(14(17)10(4)6-2)16-21(18,19)12-8-7-11(15)20-12/h6-9,13-14,16-17H,5H2,1-4H3/b10-6+/t9-,13?,14+/m0/s1. The van der Waals surface area contributed by atoms with Gasteiger partial charge < -0.3 is 5.11 Å². The van der Waals surface area contributed by atoms with E-state index in [2.05, 4.69) is 4.72 Å². The topological polar surface area (TPSA) is 66.4 Å². The van der Waals surface area contributed by atoms with E-state index in [4.69, 9.17) is 11.6 Å². The molecule has 0 spiro atoms. The average Bonchev–Trinajstić information content (AvgIpc) is 2.89. The van der Waals surface area contributed by atoms with Crippen molar-refractivity contribution >= 4 is 33.0 Å². The SMILES string of the molecule is C/C=C(\C)[C@@H](O)C(NS(=O)(=O)c1ccc(Cl)s1)[C@@H](C)CC. The van der Waals surface area contributed by atoms with E-state index in [1.54, 1.807) is 19.1 Å². The zero-order valence-corrected chi connectivity index (χ0v) is 15.0. The fourth-order valence-corrected chi connectivity index (χ4v) is 4.73. The molecule has 0 radical (unpaired) electrons. The molecule has 1 heterocycles. The second kappa shape index (κ2) is 7.74. The molecule has 4 nitrogen and oxygen atoms in total. The van der Waals surface area contributed by atoms with Gasteiger partial charge in [-0.15, -0.1) is 11.3 Å². The number of halogens is 1. The van der Waals surface area contributed by atoms with Gasteiger partial charge in [0, 0.05) is 0 Å². The molecule has 0 saturated carbocycles. The number of hydrogen-bond acceptors (Lipinski definition) is 4. The van der Waals surface area contributed by atoms with E-state index >= 15 is 0 Å². The Morgan fingerprint density at radius 1 is 1.52 bits per heavy atom. The number of hydrogen-bond donors (Lipinski definition) is 2. The Morgan fingerprint density at radius 3 is 2.57 bits per heavy atom. The number of aliphatic hydroxyl groups is 1. The predicted octanol–water partition coefficient (Wildman–Crippen LogP) is 3.42. The minimum absolute atomic E-state index is 0.000101. The van der Waals surface area contributed by atoms with E-state index in [0.717, 1.165) is 23.3 Å². The van der Waals surface area contributed by atoms with Crippen LogP contribution < -0.4 is 4.72 Å². The van der Waals surface area contributed by atoms with Gasteiger partial charge in [-0.25, -0.2) is 13.1 Å². The van der Waals surface area contributed by atoms with Gasteiger partial charge in [0.25, 0.3) is 0 Å². The molecule has 0 fully saturated rings. The first-order valence-electron chi connectivity index (χ1n) is 6.81. The van der Waals surface area contributed by atoms with Crippen LogP contribution in [0.1, 0.15) is 34.1 Å². The summed E-state index contributed by atoms with van der Waals surface area (Å²) in [5.74, 6) is 0.000101. The Bertz CT molecular complexity index is 595. The molecule has 7 heteroatoms. The molecule has 1 unspecified atom stereocenters. The zero-order chi connectivity index (χ0) is 16.2. The Morgan fingerprint density at radius 2 is 2.14 bits per heavy atom. The van der Waals surface area contributed by atoms with E-state index in [0.29, 0.717) is 4.34 Å². The van der Waals surface area contributed by atoms with Gasteiger partial charge >= 0.3 is 0 Å². The molecule has 120 valence electrons. The maximum Gasteiger partial charge on any atom is 0.250 e. The van der Waals surface area contributed by atoms with Crippen LogP contribution in [0, 0.1) is 5.92 Å². The Labute approximate surface area is 135 Å². The Kier molecular flexibility index (Phi) is 6.87. The van der Waals surface area contributed by atoms with Crippen LogP contribution in [0.15, 0.2) is 28.0 Å². The van der Waals surface area contributed by atoms with Crippen LogP contribution in [0.3, 0.4) is 0 Å². The van der Waals surface area contributed by atoms with Crippen molar-refractivity contribution in [3.8, 4) is 0 Å². The third-order valence-corrected chi connectivity index (χ3v) is 6.81. The van der Waals surface area contributed by atoms with Gasteiger partial charge in [-0.1, -0.05) is 37.9 Å². The fourth-order valence-electron chi connectivity index (χ4n) is 1.88. The molecule has 0 amide bonds. The minimum Gasteiger partial charge on any atom is -0.387 e. The summed E-state index contributed by atoms with van der Waals surface area (Å²) in [6, 6.07) is 2.45. The van der Waals surface area contributed by atoms with Crippen LogP contribution in [0.2, 0.25) is 4.34 Å². The van der Waals surface area contributed by atoms with Crippen LogP contribution >= 0.6 is 22.9 Å². The quantitative estimate of drug-likeness (QED) is 0.739. The molecule has 3 atom stereocenters. The molecule has 0 saturated heterocycles. The van der Waals surface area contributed by atoms with Gasteiger partial charge in [-0.3, -0.25) is 0 Å². The number of allylic oxidation sites excluding steroid dienone is 1. The number of sulfonamides is 1. The highest BCUT2D eigenvalue weighted by Crippen LogP contribution is 2.27. The van der Waals surface area contributed by atoms with Crippen molar-refractivity contribution in [3.05, 3.63) is 28.1 Å². The van der Waals surface area contributed by atoms with Crippen molar-refractivity contribution in [1.82, 2.24) is 4.72 Å². The fraction of sp³-hybridized carbons (Fsp3) is 0.571. The van der Waals surface area contributed by atoms with Gasteiger partial charge in [-0.2, -0.15) is 0 Å². The van der Waals surface area contributed by atoms with E-state index in [1.165, 1.54) is 6.07 Å². The van der Waals surface area contributed by atoms with Crippen molar-refractivity contribution in [3.63, 3.8) is 0 Å². The van der Waals surface area contributed by atoms with Crippen molar-refractivity contribution in [2.24, 2.45) is 5.92 Å². The first-order valence-corrected chi connectivity index (χ1v) is 9.49. The molecular weight excluding hydrogens is 330 g/mol. The summed E-state index contributed by atoms with van der Waals surface area (Å²) in [7, 11) is -3.68. The number of aliphatic hydroxyl groups excluding tert-OH is 1. The second-order valence-electron chi connectivity index (χ2n) is 5.07. The van der Waals surface area contributed by atoms with Gasteiger partial charge in [0.15, 0.2) is 0 Å². The summed E-state index contributed by atoms with van der Waals surface area (Å²) in [5, 5.41) is 10.4. The number of thiophene rings is 1. The lowest BCUT2D eigenvalue weighted by Gasteiger charge is -2.29. The second-order valence-corrected chi connectivity index (χ2v) is 8.72. The largest absolute Gasteiger partial charge is 0.387 e. The molecule has 0 aliphatic carbocycles. The highest BCUT2D eigenvalue weighted by molar-refractivity contribution is 7.91. The maximum atomic E-state index is 12.4. The summed E-state index contributed by atoms with van der Waals surface area (Å²) in [6.45, 7) is 7.49. The highest BCUT2D eigenvalue weighted by atomic mass is 35.5. The summed E-state index contributed by atoms with van der Waals surface area (Å²) >= 11 is 6.80. The molecule has 0 aliphatic rings. The normalized spacial score (nSPS) is 17.5. The van der Waals surface area contributed by atoms with Crippen molar-refractivity contribution in [2.75, 3.05) is 0 Å². The molecule has 1 aromatic heterocycles. The molecule has 21 heavy (non-hydrogen) atoms. The van der Waals surface area contributed by atoms with E-state index in [9.17, 15) is 13.5 Å². The Hall–Kier alpha value is -0.400. The van der Waals surface area contributed by atoms with E-state index in [-0.39, 0.29) is 10.1 Å². The molecule has 0 aliphatic heterocycles. The summed E-state index contributed by atoms with van der Waals surface area (Å²) < 4.78 is 28.0. The Balaban J connectivity index is 3.06. The van der Waals surface area contributed by atoms with Crippen molar-refractivity contribution < 1.29 is 13.5 Å². The monoisotopic (exact) mass is 351 g/mol. The maximum absolute atomic E-state index is 12.4. The first-order chi connectivity index (χ1) is 9.72. The van der Waals surface area contributed by atoms with Crippen LogP contribution in [-0.2, 0) is 10.0 Å². The van der Waals surface area contributed by atoms with Gasteiger partial charge in [-0.05, 0) is 37.5 Å². The average molecular weight is 352 g/mol. The first kappa shape index (κ1) is 18.6. The predicted molar refractivity (Wildman–Crippen MR) is 88.3 cm³/mol. The van der Waals surface area contributed by atoms with Crippen molar-refractivity contribution in [1.29, 1.82) is 0 Å². The molecule has 1 aromatic rings. The molecule has 2 N–H and O–H groups in total. The van der Waals surface area contributed by atoms with Crippen molar-refractivity contribution in [2.45, 2.75) is 50.5 Å². The molecule has 0 bridgehead atoms. The minimum atomic E-state index is -3.68. The van der Waals surface area contributed by atoms with Gasteiger partial charge in [0.05, 0.1) is 16.5 Å². The lowest BCUT2D eigenvalue weighted by atomic mass is 9.91. The summed E-state index contributed by atoms with van der Waals surface area (Å²) in [6.07, 6.45) is 1.69. The number of rotatable bonds is 7. The third kappa shape index (κ3) is 4.79. The molecule has 0 aromatic carbocycles. The summed E-state index contributed by atoms with van der Waals surface area (Å²) in [5.41, 5.74) is 0.743. The lowest BCUT2D eigenvalue weighted by Crippen LogP contribution is -2.47. The van der Waals surface area contributed by atoms with Crippen LogP contribution in [-0.4, -0.2) is 25.7 Å². The van der Waals surface area contributed by atoms with Crippen LogP contribution in [0.4, 0.5) is 0 Å².